The van der Waals surface area contributed by atoms with Crippen LogP contribution in [-0.2, 0) is 0 Å². The zero-order chi connectivity index (χ0) is 50.6. The summed E-state index contributed by atoms with van der Waals surface area (Å²) in [6, 6.07) is 34.4. The second-order valence-electron chi connectivity index (χ2n) is 26.6. The number of fused-ring (bicyclic) bond motifs is 7. The van der Waals surface area contributed by atoms with Crippen LogP contribution < -0.4 is 16.4 Å². The van der Waals surface area contributed by atoms with E-state index in [1.165, 1.54) is 197 Å². The first kappa shape index (κ1) is 43.4. The van der Waals surface area contributed by atoms with Gasteiger partial charge in [0.05, 0.1) is 38.8 Å². The molecule has 374 valence electrons. The molecule has 4 saturated carbocycles. The average Bonchev–Trinajstić information content (AvgIpc) is 4.08. The highest BCUT2D eigenvalue weighted by Gasteiger charge is 2.50. The highest BCUT2D eigenvalue weighted by Crippen LogP contribution is 2.60. The summed E-state index contributed by atoms with van der Waals surface area (Å²) in [5.41, 5.74) is 35.5. The van der Waals surface area contributed by atoms with E-state index in [0.717, 1.165) is 35.3 Å². The summed E-state index contributed by atoms with van der Waals surface area (Å²) in [6.45, 7) is 18.5. The number of aromatic nitrogens is 5. The van der Waals surface area contributed by atoms with Crippen LogP contribution >= 0.6 is 0 Å². The zero-order valence-electron chi connectivity index (χ0n) is 45.6. The summed E-state index contributed by atoms with van der Waals surface area (Å²) in [6.07, 6.45) is 13.4. The summed E-state index contributed by atoms with van der Waals surface area (Å²) in [5.74, 6) is 7.80. The normalized spacial score (nSPS) is 24.8. The number of benzene rings is 7. The zero-order valence-corrected chi connectivity index (χ0v) is 45.6. The van der Waals surface area contributed by atoms with Crippen LogP contribution in [0.2, 0.25) is 0 Å². The molecule has 7 aromatic carbocycles. The Morgan fingerprint density at radius 1 is 0.408 bits per heavy atom. The Balaban J connectivity index is 1.07. The van der Waals surface area contributed by atoms with Crippen LogP contribution in [0.5, 0.6) is 0 Å². The Hall–Kier alpha value is -6.66. The third-order valence-electron chi connectivity index (χ3n) is 21.8. The average molecular weight is 988 g/mol. The van der Waals surface area contributed by atoms with Crippen molar-refractivity contribution in [3.8, 4) is 39.8 Å². The molecule has 4 unspecified atom stereocenters. The van der Waals surface area contributed by atoms with Crippen molar-refractivity contribution in [1.29, 1.82) is 0 Å². The molecule has 3 aromatic heterocycles. The molecular weight excluding hydrogens is 922 g/mol. The van der Waals surface area contributed by atoms with Crippen LogP contribution in [0.4, 0.5) is 0 Å². The molecule has 0 radical (unpaired) electrons. The van der Waals surface area contributed by atoms with Gasteiger partial charge in [-0.05, 0) is 263 Å². The van der Waals surface area contributed by atoms with Gasteiger partial charge in [0.1, 0.15) is 11.6 Å². The molecule has 4 fully saturated rings. The van der Waals surface area contributed by atoms with Crippen LogP contribution in [0.3, 0.4) is 0 Å². The van der Waals surface area contributed by atoms with E-state index in [1.54, 1.807) is 22.3 Å². The van der Waals surface area contributed by atoms with Crippen molar-refractivity contribution in [2.75, 3.05) is 0 Å². The lowest BCUT2D eigenvalue weighted by Gasteiger charge is -2.38. The summed E-state index contributed by atoms with van der Waals surface area (Å²) in [7, 11) is 0. The number of aryl methyl sites for hydroxylation is 8. The lowest BCUT2D eigenvalue weighted by atomic mass is 9.33. The molecule has 0 saturated heterocycles. The fourth-order valence-electron chi connectivity index (χ4n) is 19.6. The van der Waals surface area contributed by atoms with Gasteiger partial charge in [0, 0.05) is 33.3 Å². The van der Waals surface area contributed by atoms with Gasteiger partial charge in [0.15, 0.2) is 0 Å². The topological polar surface area (TPSA) is 40.6 Å². The molecule has 10 aliphatic rings. The predicted molar refractivity (Wildman–Crippen MR) is 315 cm³/mol. The van der Waals surface area contributed by atoms with Crippen LogP contribution in [-0.4, -0.2) is 30.4 Å². The minimum Gasteiger partial charge on any atom is -0.309 e. The maximum absolute atomic E-state index is 6.24. The van der Waals surface area contributed by atoms with Gasteiger partial charge < -0.3 is 4.57 Å². The van der Waals surface area contributed by atoms with E-state index in [4.69, 9.17) is 9.97 Å². The van der Waals surface area contributed by atoms with E-state index >= 15 is 0 Å². The van der Waals surface area contributed by atoms with Crippen LogP contribution in [0.25, 0.3) is 83.7 Å². The minimum atomic E-state index is 0.0342. The van der Waals surface area contributed by atoms with Gasteiger partial charge in [-0.3, -0.25) is 9.13 Å². The largest absolute Gasteiger partial charge is 0.309 e. The van der Waals surface area contributed by atoms with Gasteiger partial charge >= 0.3 is 0 Å². The smallest absolute Gasteiger partial charge is 0.252 e. The van der Waals surface area contributed by atoms with Crippen molar-refractivity contribution in [2.45, 2.75) is 143 Å². The second-order valence-corrected chi connectivity index (χ2v) is 26.6. The highest BCUT2D eigenvalue weighted by atomic mass is 15.1. The maximum atomic E-state index is 6.24. The summed E-state index contributed by atoms with van der Waals surface area (Å²) >= 11 is 0. The minimum absolute atomic E-state index is 0.0342. The molecule has 5 heterocycles. The molecule has 6 heteroatoms. The summed E-state index contributed by atoms with van der Waals surface area (Å²) < 4.78 is 8.14. The van der Waals surface area contributed by atoms with Gasteiger partial charge in [0.2, 0.25) is 0 Å². The molecule has 0 N–H and O–H groups in total. The molecular formula is C70H66BN5. The van der Waals surface area contributed by atoms with E-state index in [-0.39, 0.29) is 6.71 Å². The Kier molecular flexibility index (Phi) is 8.39. The molecule has 4 atom stereocenters. The molecule has 20 rings (SSSR count). The van der Waals surface area contributed by atoms with Crippen molar-refractivity contribution < 1.29 is 0 Å². The van der Waals surface area contributed by atoms with Gasteiger partial charge in [-0.2, -0.15) is 0 Å². The molecule has 5 nitrogen and oxygen atoms in total. The Morgan fingerprint density at radius 2 is 0.803 bits per heavy atom. The molecule has 10 aromatic rings. The number of rotatable bonds is 3. The van der Waals surface area contributed by atoms with Crippen LogP contribution in [0.1, 0.15) is 155 Å². The first-order valence-corrected chi connectivity index (χ1v) is 29.4. The lowest BCUT2D eigenvalue weighted by molar-refractivity contribution is 0.166. The predicted octanol–water partition coefficient (Wildman–Crippen LogP) is 15.2. The summed E-state index contributed by atoms with van der Waals surface area (Å²) in [5, 5.41) is 2.67. The third-order valence-corrected chi connectivity index (χ3v) is 21.8. The summed E-state index contributed by atoms with van der Waals surface area (Å²) in [4.78, 5) is 12.5. The standard InChI is InChI=1S/C70H66BN5/c1-33-15-39(7)65-52(17-33)53-18-34(2)16-40(8)66(53)74(65)49-29-56-62-57(30-49)76-68-55(32-51-46-23-43-20-44(24-46)28-48(27-43)61(51)64(68)73-70(76)59-37(5)13-10-14-38(59)6)71(62)54-31-50-45-21-41-19-42(22-45)26-47(25-41)60(50)63-67(54)75(56)69(72-63)58-35(3)11-9-12-36(58)4/h9-18,29-32,41-48H,19-28H2,1-8H3. The SMILES string of the molecule is Cc1cc(C)c2c(c1)c1cc(C)cc(C)c1n2-c1cc2c3c(c1)-n1c(-c4c(C)cccc4C)nc4c5c(cc(c41)B3c1cc3c(c4nc(-c6c(C)cccc6C)n-2c14)C1CC2CC(CC3C2)C1)C1CC2CC(C1)CC5C2. The molecule has 0 amide bonds. The molecule has 8 aliphatic carbocycles. The molecule has 76 heavy (non-hydrogen) atoms. The van der Waals surface area contributed by atoms with E-state index < -0.39 is 0 Å². The Morgan fingerprint density at radius 3 is 1.21 bits per heavy atom. The maximum Gasteiger partial charge on any atom is 0.252 e. The van der Waals surface area contributed by atoms with Crippen LogP contribution in [0.15, 0.2) is 84.9 Å². The van der Waals surface area contributed by atoms with E-state index in [0.29, 0.717) is 23.7 Å². The quantitative estimate of drug-likeness (QED) is 0.166. The first-order valence-electron chi connectivity index (χ1n) is 29.4. The number of imidazole rings is 2. The first-order chi connectivity index (χ1) is 36.9. The third kappa shape index (κ3) is 5.44. The fraction of sp³-hybridized carbons (Fsp3) is 0.371. The van der Waals surface area contributed by atoms with Crippen molar-refractivity contribution in [3.05, 3.63) is 152 Å². The molecule has 2 aliphatic heterocycles. The van der Waals surface area contributed by atoms with Gasteiger partial charge in [-0.1, -0.05) is 71.8 Å². The van der Waals surface area contributed by atoms with Crippen molar-refractivity contribution in [1.82, 2.24) is 23.7 Å². The van der Waals surface area contributed by atoms with Gasteiger partial charge in [-0.25, -0.2) is 9.97 Å². The number of nitrogens with zero attached hydrogens (tertiary/aromatic N) is 5. The van der Waals surface area contributed by atoms with Gasteiger partial charge in [-0.15, -0.1) is 0 Å². The lowest BCUT2D eigenvalue weighted by Crippen LogP contribution is -2.60. The van der Waals surface area contributed by atoms with Gasteiger partial charge in [0.25, 0.3) is 6.71 Å². The van der Waals surface area contributed by atoms with Crippen molar-refractivity contribution >= 4 is 67.0 Å². The number of hydrogen-bond donors (Lipinski definition) is 0. The Bertz CT molecular complexity index is 4030. The number of hydrogen-bond acceptors (Lipinski definition) is 2. The highest BCUT2D eigenvalue weighted by molar-refractivity contribution is 7.00. The molecule has 0 spiro atoms. The molecule has 8 bridgehead atoms. The monoisotopic (exact) mass is 988 g/mol. The van der Waals surface area contributed by atoms with Crippen molar-refractivity contribution in [3.63, 3.8) is 0 Å². The van der Waals surface area contributed by atoms with Crippen LogP contribution in [0, 0.1) is 79.1 Å². The fourth-order valence-corrected chi connectivity index (χ4v) is 19.6. The van der Waals surface area contributed by atoms with E-state index in [2.05, 4.69) is 154 Å². The van der Waals surface area contributed by atoms with E-state index in [9.17, 15) is 0 Å². The Labute approximate surface area is 446 Å². The van der Waals surface area contributed by atoms with E-state index in [1.807, 2.05) is 0 Å². The second kappa shape index (κ2) is 14.7. The van der Waals surface area contributed by atoms with Crippen molar-refractivity contribution in [2.24, 2.45) is 23.7 Å².